The Kier molecular flexibility index (Phi) is 12.1. The lowest BCUT2D eigenvalue weighted by Crippen LogP contribution is -2.39. The van der Waals surface area contributed by atoms with E-state index >= 15 is 0 Å². The van der Waals surface area contributed by atoms with Gasteiger partial charge in [-0.15, -0.1) is 0 Å². The Balaban J connectivity index is 0.000000303. The second kappa shape index (κ2) is 15.9. The first-order valence-electron chi connectivity index (χ1n) is 14.1. The lowest BCUT2D eigenvalue weighted by atomic mass is 10.2. The maximum absolute atomic E-state index is 12.2. The number of ether oxygens (including phenoxy) is 2. The van der Waals surface area contributed by atoms with Crippen molar-refractivity contribution in [3.8, 4) is 11.5 Å². The molecule has 2 heterocycles. The summed E-state index contributed by atoms with van der Waals surface area (Å²) in [6.45, 7) is 6.04. The Morgan fingerprint density at radius 3 is 2.40 bits per heavy atom. The van der Waals surface area contributed by atoms with E-state index in [1.54, 1.807) is 44.6 Å². The van der Waals surface area contributed by atoms with E-state index in [0.717, 1.165) is 12.0 Å². The highest BCUT2D eigenvalue weighted by Gasteiger charge is 2.30. The number of nitro groups is 1. The van der Waals surface area contributed by atoms with E-state index in [-0.39, 0.29) is 28.5 Å². The van der Waals surface area contributed by atoms with Gasteiger partial charge in [0.25, 0.3) is 5.91 Å². The topological polar surface area (TPSA) is 139 Å². The molecule has 0 radical (unpaired) electrons. The van der Waals surface area contributed by atoms with Crippen LogP contribution in [-0.4, -0.2) is 73.6 Å². The third-order valence-electron chi connectivity index (χ3n) is 7.17. The summed E-state index contributed by atoms with van der Waals surface area (Å²) in [6, 6.07) is 16.5. The monoisotopic (exact) mass is 592 g/mol. The molecule has 1 saturated heterocycles. The van der Waals surface area contributed by atoms with Gasteiger partial charge >= 0.3 is 5.69 Å². The van der Waals surface area contributed by atoms with E-state index in [9.17, 15) is 19.7 Å². The smallest absolute Gasteiger partial charge is 0.334 e. The van der Waals surface area contributed by atoms with E-state index < -0.39 is 0 Å². The molecule has 1 unspecified atom stereocenters. The molecule has 4 rings (SSSR count). The zero-order chi connectivity index (χ0) is 31.4. The summed E-state index contributed by atoms with van der Waals surface area (Å²) in [5.74, 6) is 1.48. The van der Waals surface area contributed by atoms with Crippen LogP contribution in [0.1, 0.15) is 42.6 Å². The molecule has 2 amide bonds. The van der Waals surface area contributed by atoms with Gasteiger partial charge in [-0.05, 0) is 43.2 Å². The fourth-order valence-corrected chi connectivity index (χ4v) is 4.76. The van der Waals surface area contributed by atoms with Crippen LogP contribution in [-0.2, 0) is 11.3 Å². The van der Waals surface area contributed by atoms with E-state index in [1.165, 1.54) is 7.11 Å². The van der Waals surface area contributed by atoms with Crippen LogP contribution in [0.5, 0.6) is 11.5 Å². The molecule has 1 aliphatic heterocycles. The molecule has 0 spiro atoms. The number of nitrogens with zero attached hydrogens (tertiary/aromatic N) is 4. The number of carbonyl (C=O) groups is 2. The molecule has 0 saturated carbocycles. The zero-order valence-electron chi connectivity index (χ0n) is 25.3. The van der Waals surface area contributed by atoms with Gasteiger partial charge in [0.05, 0.1) is 19.1 Å². The van der Waals surface area contributed by atoms with Crippen molar-refractivity contribution in [2.45, 2.75) is 39.3 Å². The van der Waals surface area contributed by atoms with Gasteiger partial charge in [0.1, 0.15) is 5.69 Å². The minimum Gasteiger partial charge on any atom is -0.493 e. The van der Waals surface area contributed by atoms with Crippen LogP contribution >= 0.6 is 0 Å². The molecule has 1 atom stereocenters. The SMILES string of the molecule is CCC(=O)N1CCN(c2nccc(NCc3ccccc3)c2[N+](=O)[O-])CCC1C.CNC(=O)c1ccc(OC)c(OC)c1. The Bertz CT molecular complexity index is 1390. The van der Waals surface area contributed by atoms with Crippen LogP contribution in [0.15, 0.2) is 60.8 Å². The number of carbonyl (C=O) groups excluding carboxylic acids is 2. The number of rotatable bonds is 9. The molecule has 1 aliphatic rings. The molecule has 1 aromatic heterocycles. The van der Waals surface area contributed by atoms with Crippen LogP contribution in [0.3, 0.4) is 0 Å². The lowest BCUT2D eigenvalue weighted by molar-refractivity contribution is -0.383. The van der Waals surface area contributed by atoms with Gasteiger partial charge in [0, 0.05) is 57.4 Å². The summed E-state index contributed by atoms with van der Waals surface area (Å²) in [6.07, 6.45) is 2.80. The van der Waals surface area contributed by atoms with Gasteiger partial charge in [-0.1, -0.05) is 37.3 Å². The predicted molar refractivity (Wildman–Crippen MR) is 166 cm³/mol. The van der Waals surface area contributed by atoms with Crippen molar-refractivity contribution < 1.29 is 24.0 Å². The number of methoxy groups -OCH3 is 2. The first kappa shape index (κ1) is 32.6. The Morgan fingerprint density at radius 2 is 1.77 bits per heavy atom. The number of amides is 2. The van der Waals surface area contributed by atoms with Crippen LogP contribution < -0.4 is 25.0 Å². The van der Waals surface area contributed by atoms with Gasteiger partial charge in [0.2, 0.25) is 11.7 Å². The first-order valence-corrected chi connectivity index (χ1v) is 14.1. The summed E-state index contributed by atoms with van der Waals surface area (Å²) < 4.78 is 10.1. The van der Waals surface area contributed by atoms with Crippen LogP contribution in [0, 0.1) is 10.1 Å². The molecule has 0 aliphatic carbocycles. The molecular weight excluding hydrogens is 552 g/mol. The highest BCUT2D eigenvalue weighted by Crippen LogP contribution is 2.34. The molecule has 2 aromatic carbocycles. The largest absolute Gasteiger partial charge is 0.493 e. The van der Waals surface area contributed by atoms with Gasteiger partial charge in [-0.25, -0.2) is 4.98 Å². The van der Waals surface area contributed by atoms with Crippen LogP contribution in [0.25, 0.3) is 0 Å². The highest BCUT2D eigenvalue weighted by atomic mass is 16.6. The number of hydrogen-bond donors (Lipinski definition) is 2. The van der Waals surface area contributed by atoms with Crippen molar-refractivity contribution >= 4 is 29.0 Å². The quantitative estimate of drug-likeness (QED) is 0.272. The summed E-state index contributed by atoms with van der Waals surface area (Å²) in [7, 11) is 4.67. The molecule has 230 valence electrons. The highest BCUT2D eigenvalue weighted by molar-refractivity contribution is 5.94. The third kappa shape index (κ3) is 8.57. The van der Waals surface area contributed by atoms with Crippen molar-refractivity contribution in [2.75, 3.05) is 51.1 Å². The minimum atomic E-state index is -0.376. The van der Waals surface area contributed by atoms with Crippen molar-refractivity contribution in [3.05, 3.63) is 82.0 Å². The fraction of sp³-hybridized carbons (Fsp3) is 0.387. The lowest BCUT2D eigenvalue weighted by Gasteiger charge is -2.26. The molecule has 1 fully saturated rings. The zero-order valence-corrected chi connectivity index (χ0v) is 25.3. The van der Waals surface area contributed by atoms with Crippen LogP contribution in [0.2, 0.25) is 0 Å². The summed E-state index contributed by atoms with van der Waals surface area (Å²) in [4.78, 5) is 43.1. The second-order valence-corrected chi connectivity index (χ2v) is 9.84. The average Bonchev–Trinajstić information content (AvgIpc) is 3.24. The van der Waals surface area contributed by atoms with Crippen molar-refractivity contribution in [2.24, 2.45) is 0 Å². The summed E-state index contributed by atoms with van der Waals surface area (Å²) in [5, 5.41) is 17.6. The summed E-state index contributed by atoms with van der Waals surface area (Å²) in [5.41, 5.74) is 2.01. The molecule has 0 bridgehead atoms. The number of pyridine rings is 1. The van der Waals surface area contributed by atoms with Gasteiger partial charge in [-0.3, -0.25) is 19.7 Å². The minimum absolute atomic E-state index is 0.0219. The molecule has 12 heteroatoms. The third-order valence-corrected chi connectivity index (χ3v) is 7.17. The number of anilines is 2. The molecule has 43 heavy (non-hydrogen) atoms. The number of hydrogen-bond acceptors (Lipinski definition) is 9. The predicted octanol–water partition coefficient (Wildman–Crippen LogP) is 4.50. The Hall–Kier alpha value is -4.87. The van der Waals surface area contributed by atoms with Gasteiger partial charge in [0.15, 0.2) is 11.5 Å². The van der Waals surface area contributed by atoms with Crippen molar-refractivity contribution in [1.82, 2.24) is 15.2 Å². The van der Waals surface area contributed by atoms with Gasteiger partial charge < -0.3 is 29.9 Å². The molecule has 3 aromatic rings. The van der Waals surface area contributed by atoms with E-state index in [2.05, 4.69) is 15.6 Å². The normalized spacial score (nSPS) is 14.5. The molecule has 12 nitrogen and oxygen atoms in total. The Morgan fingerprint density at radius 1 is 1.05 bits per heavy atom. The fourth-order valence-electron chi connectivity index (χ4n) is 4.76. The maximum atomic E-state index is 12.2. The van der Waals surface area contributed by atoms with Crippen LogP contribution in [0.4, 0.5) is 17.2 Å². The standard InChI is InChI=1S/C21H27N5O3.C10H13NO3/c1-3-19(27)25-14-13-24(12-10-16(25)2)21-20(26(28)29)18(9-11-22-21)23-15-17-7-5-4-6-8-17;1-11-10(12)7-4-5-8(13-2)9(6-7)14-3/h4-9,11,16H,3,10,12-15H2,1-2H3,(H,22,23);4-6H,1-3H3,(H,11,12). The molecule has 2 N–H and O–H groups in total. The Labute approximate surface area is 252 Å². The van der Waals surface area contributed by atoms with Gasteiger partial charge in [-0.2, -0.15) is 0 Å². The van der Waals surface area contributed by atoms with E-state index in [0.29, 0.717) is 61.2 Å². The maximum Gasteiger partial charge on any atom is 0.334 e. The number of benzene rings is 2. The average molecular weight is 593 g/mol. The number of nitrogens with one attached hydrogen (secondary N) is 2. The first-order chi connectivity index (χ1) is 20.7. The number of aromatic nitrogens is 1. The van der Waals surface area contributed by atoms with Crippen molar-refractivity contribution in [1.29, 1.82) is 0 Å². The molecular formula is C31H40N6O6. The van der Waals surface area contributed by atoms with E-state index in [1.807, 2.05) is 54.0 Å². The van der Waals surface area contributed by atoms with Crippen molar-refractivity contribution in [3.63, 3.8) is 0 Å². The summed E-state index contributed by atoms with van der Waals surface area (Å²) >= 11 is 0. The van der Waals surface area contributed by atoms with E-state index in [4.69, 9.17) is 9.47 Å². The second-order valence-electron chi connectivity index (χ2n) is 9.84.